The van der Waals surface area contributed by atoms with Crippen molar-refractivity contribution < 1.29 is 17.7 Å². The van der Waals surface area contributed by atoms with Gasteiger partial charge in [0.1, 0.15) is 11.5 Å². The number of amides is 1. The first-order valence-electron chi connectivity index (χ1n) is 6.69. The molecule has 0 saturated heterocycles. The molecule has 1 aromatic carbocycles. The molecule has 1 heterocycles. The summed E-state index contributed by atoms with van der Waals surface area (Å²) < 4.78 is 28.7. The summed E-state index contributed by atoms with van der Waals surface area (Å²) in [5, 5.41) is 6.18. The van der Waals surface area contributed by atoms with Gasteiger partial charge in [-0.1, -0.05) is 35.5 Å². The van der Waals surface area contributed by atoms with Crippen molar-refractivity contribution in [1.29, 1.82) is 0 Å². The second-order valence-electron chi connectivity index (χ2n) is 4.97. The summed E-state index contributed by atoms with van der Waals surface area (Å²) in [5.74, 6) is -1.28. The Bertz CT molecular complexity index is 740. The van der Waals surface area contributed by atoms with Crippen molar-refractivity contribution >= 4 is 15.7 Å². The zero-order chi connectivity index (χ0) is 16.2. The molecule has 0 spiro atoms. The predicted octanol–water partition coefficient (Wildman–Crippen LogP) is 1.17. The van der Waals surface area contributed by atoms with Crippen LogP contribution in [0.3, 0.4) is 0 Å². The Labute approximate surface area is 128 Å². The van der Waals surface area contributed by atoms with Gasteiger partial charge in [0.2, 0.25) is 11.8 Å². The lowest BCUT2D eigenvalue weighted by atomic mass is 10.1. The second-order valence-corrected chi connectivity index (χ2v) is 7.03. The quantitative estimate of drug-likeness (QED) is 0.856. The molecule has 1 amide bonds. The van der Waals surface area contributed by atoms with Crippen LogP contribution in [0.2, 0.25) is 0 Å². The SMILES string of the molecule is Cc1noc(CS(=O)(=O)CC(=O)NC(C)c2ccccc2)n1. The number of carbonyl (C=O) groups is 1. The van der Waals surface area contributed by atoms with Gasteiger partial charge in [-0.15, -0.1) is 0 Å². The maximum atomic E-state index is 11.9. The maximum absolute atomic E-state index is 11.9. The van der Waals surface area contributed by atoms with E-state index in [4.69, 9.17) is 4.52 Å². The number of benzene rings is 1. The Morgan fingerprint density at radius 3 is 2.59 bits per heavy atom. The molecule has 0 radical (unpaired) electrons. The van der Waals surface area contributed by atoms with Gasteiger partial charge in [0, 0.05) is 0 Å². The van der Waals surface area contributed by atoms with E-state index in [9.17, 15) is 13.2 Å². The number of hydrogen-bond donors (Lipinski definition) is 1. The average Bonchev–Trinajstić information content (AvgIpc) is 2.83. The fourth-order valence-electron chi connectivity index (χ4n) is 1.95. The first-order chi connectivity index (χ1) is 10.4. The Balaban J connectivity index is 1.93. The minimum Gasteiger partial charge on any atom is -0.349 e. The van der Waals surface area contributed by atoms with E-state index in [-0.39, 0.29) is 11.9 Å². The molecular weight excluding hydrogens is 306 g/mol. The summed E-state index contributed by atoms with van der Waals surface area (Å²) in [5.41, 5.74) is 0.903. The third-order valence-electron chi connectivity index (χ3n) is 2.94. The van der Waals surface area contributed by atoms with E-state index in [2.05, 4.69) is 15.5 Å². The highest BCUT2D eigenvalue weighted by Crippen LogP contribution is 2.11. The van der Waals surface area contributed by atoms with Gasteiger partial charge in [0.15, 0.2) is 15.7 Å². The van der Waals surface area contributed by atoms with Gasteiger partial charge in [0.05, 0.1) is 6.04 Å². The van der Waals surface area contributed by atoms with E-state index in [1.54, 1.807) is 13.8 Å². The van der Waals surface area contributed by atoms with E-state index >= 15 is 0 Å². The average molecular weight is 323 g/mol. The highest BCUT2D eigenvalue weighted by molar-refractivity contribution is 7.91. The monoisotopic (exact) mass is 323 g/mol. The van der Waals surface area contributed by atoms with E-state index < -0.39 is 27.3 Å². The summed E-state index contributed by atoms with van der Waals surface area (Å²) in [6, 6.07) is 9.03. The van der Waals surface area contributed by atoms with Crippen molar-refractivity contribution in [2.24, 2.45) is 0 Å². The number of hydrogen-bond acceptors (Lipinski definition) is 6. The van der Waals surface area contributed by atoms with Crippen LogP contribution in [0.1, 0.15) is 30.2 Å². The molecule has 2 rings (SSSR count). The molecule has 0 aliphatic carbocycles. The largest absolute Gasteiger partial charge is 0.349 e. The van der Waals surface area contributed by atoms with Gasteiger partial charge in [-0.3, -0.25) is 4.79 Å². The number of aromatic nitrogens is 2. The zero-order valence-electron chi connectivity index (χ0n) is 12.3. The first-order valence-corrected chi connectivity index (χ1v) is 8.52. The number of sulfone groups is 1. The van der Waals surface area contributed by atoms with Crippen molar-refractivity contribution in [2.75, 3.05) is 5.75 Å². The third kappa shape index (κ3) is 4.66. The Morgan fingerprint density at radius 1 is 1.32 bits per heavy atom. The van der Waals surface area contributed by atoms with Crippen molar-refractivity contribution in [1.82, 2.24) is 15.5 Å². The van der Waals surface area contributed by atoms with Gasteiger partial charge >= 0.3 is 0 Å². The standard InChI is InChI=1S/C14H17N3O4S/c1-10(12-6-4-3-5-7-12)15-13(18)8-22(19,20)9-14-16-11(2)17-21-14/h3-7,10H,8-9H2,1-2H3,(H,15,18). The predicted molar refractivity (Wildman–Crippen MR) is 79.5 cm³/mol. The fourth-order valence-corrected chi connectivity index (χ4v) is 3.02. The van der Waals surface area contributed by atoms with Crippen LogP contribution >= 0.6 is 0 Å². The molecule has 0 bridgehead atoms. The van der Waals surface area contributed by atoms with E-state index in [0.717, 1.165) is 5.56 Å². The van der Waals surface area contributed by atoms with Crippen LogP contribution < -0.4 is 5.32 Å². The molecule has 0 fully saturated rings. The number of aryl methyl sites for hydroxylation is 1. The van der Waals surface area contributed by atoms with Crippen LogP contribution in [0.25, 0.3) is 0 Å². The Morgan fingerprint density at radius 2 is 2.00 bits per heavy atom. The van der Waals surface area contributed by atoms with Crippen LogP contribution in [0, 0.1) is 6.92 Å². The zero-order valence-corrected chi connectivity index (χ0v) is 13.1. The van der Waals surface area contributed by atoms with Crippen molar-refractivity contribution in [3.63, 3.8) is 0 Å². The minimum atomic E-state index is -3.66. The van der Waals surface area contributed by atoms with Crippen molar-refractivity contribution in [3.8, 4) is 0 Å². The van der Waals surface area contributed by atoms with Crippen molar-refractivity contribution in [2.45, 2.75) is 25.6 Å². The molecule has 8 heteroatoms. The molecule has 2 aromatic rings. The molecule has 0 aliphatic rings. The molecule has 22 heavy (non-hydrogen) atoms. The Hall–Kier alpha value is -2.22. The molecule has 1 aromatic heterocycles. The molecule has 0 aliphatic heterocycles. The number of nitrogens with one attached hydrogen (secondary N) is 1. The Kier molecular flexibility index (Phi) is 4.92. The van der Waals surface area contributed by atoms with Crippen LogP contribution in [-0.4, -0.2) is 30.2 Å². The molecule has 1 unspecified atom stereocenters. The lowest BCUT2D eigenvalue weighted by Gasteiger charge is -2.14. The fraction of sp³-hybridized carbons (Fsp3) is 0.357. The van der Waals surface area contributed by atoms with Gasteiger partial charge in [0.25, 0.3) is 0 Å². The van der Waals surface area contributed by atoms with Crippen LogP contribution in [0.15, 0.2) is 34.9 Å². The smallest absolute Gasteiger partial charge is 0.241 e. The highest BCUT2D eigenvalue weighted by atomic mass is 32.2. The summed E-state index contributed by atoms with van der Waals surface area (Å²) in [7, 11) is -3.66. The molecule has 1 N–H and O–H groups in total. The highest BCUT2D eigenvalue weighted by Gasteiger charge is 2.21. The van der Waals surface area contributed by atoms with Crippen LogP contribution in [0.4, 0.5) is 0 Å². The maximum Gasteiger partial charge on any atom is 0.241 e. The summed E-state index contributed by atoms with van der Waals surface area (Å²) in [4.78, 5) is 15.7. The molecule has 118 valence electrons. The summed E-state index contributed by atoms with van der Waals surface area (Å²) in [6.07, 6.45) is 0. The topological polar surface area (TPSA) is 102 Å². The van der Waals surface area contributed by atoms with E-state index in [1.165, 1.54) is 0 Å². The summed E-state index contributed by atoms with van der Waals surface area (Å²) >= 11 is 0. The lowest BCUT2D eigenvalue weighted by Crippen LogP contribution is -2.32. The van der Waals surface area contributed by atoms with Gasteiger partial charge in [-0.2, -0.15) is 4.98 Å². The van der Waals surface area contributed by atoms with Gasteiger partial charge in [-0.05, 0) is 19.4 Å². The molecule has 0 saturated carbocycles. The third-order valence-corrected chi connectivity index (χ3v) is 4.33. The van der Waals surface area contributed by atoms with Gasteiger partial charge in [-0.25, -0.2) is 8.42 Å². The molecule has 1 atom stereocenters. The van der Waals surface area contributed by atoms with E-state index in [0.29, 0.717) is 5.82 Å². The number of nitrogens with zero attached hydrogens (tertiary/aromatic N) is 2. The second kappa shape index (κ2) is 6.69. The van der Waals surface area contributed by atoms with Gasteiger partial charge < -0.3 is 9.84 Å². The number of rotatable bonds is 6. The first kappa shape index (κ1) is 16.2. The summed E-state index contributed by atoms with van der Waals surface area (Å²) in [6.45, 7) is 3.38. The lowest BCUT2D eigenvalue weighted by molar-refractivity contribution is -0.119. The normalized spacial score (nSPS) is 12.8. The number of carbonyl (C=O) groups excluding carboxylic acids is 1. The molecule has 7 nitrogen and oxygen atoms in total. The van der Waals surface area contributed by atoms with Crippen molar-refractivity contribution in [3.05, 3.63) is 47.6 Å². The minimum absolute atomic E-state index is 0.0126. The van der Waals surface area contributed by atoms with E-state index in [1.807, 2.05) is 30.3 Å². The van der Waals surface area contributed by atoms with Crippen LogP contribution in [0.5, 0.6) is 0 Å². The van der Waals surface area contributed by atoms with Crippen LogP contribution in [-0.2, 0) is 20.4 Å². The molecular formula is C14H17N3O4S.